The molecule has 1 N–H and O–H groups in total. The highest BCUT2D eigenvalue weighted by atomic mass is 16.1. The van der Waals surface area contributed by atoms with Crippen molar-refractivity contribution >= 4 is 16.9 Å². The summed E-state index contributed by atoms with van der Waals surface area (Å²) in [5, 5.41) is 3.01. The number of benzene rings is 1. The van der Waals surface area contributed by atoms with Crippen LogP contribution in [0.3, 0.4) is 0 Å². The molecule has 4 nitrogen and oxygen atoms in total. The van der Waals surface area contributed by atoms with Crippen LogP contribution in [-0.4, -0.2) is 21.5 Å². The van der Waals surface area contributed by atoms with Crippen LogP contribution in [0.4, 0.5) is 0 Å². The molecule has 1 heterocycles. The fraction of sp³-hybridized carbons (Fsp3) is 0.467. The third-order valence-corrected chi connectivity index (χ3v) is 3.61. The van der Waals surface area contributed by atoms with Crippen molar-refractivity contribution in [1.29, 1.82) is 0 Å². The molecule has 100 valence electrons. The minimum absolute atomic E-state index is 0.0150. The van der Waals surface area contributed by atoms with E-state index >= 15 is 0 Å². The lowest BCUT2D eigenvalue weighted by Crippen LogP contribution is -2.25. The van der Waals surface area contributed by atoms with Gasteiger partial charge in [0.25, 0.3) is 5.91 Å². The van der Waals surface area contributed by atoms with Crippen LogP contribution in [0.1, 0.15) is 48.8 Å². The standard InChI is InChI=1S/C15H19N3O/c1-9(2)14-17-12-8-10(4-7-13(12)18(14)3)15(19)16-11-5-6-11/h4,7-9,11H,5-6H2,1-3H3,(H,16,19). The maximum Gasteiger partial charge on any atom is 0.251 e. The topological polar surface area (TPSA) is 46.9 Å². The second-order valence-electron chi connectivity index (χ2n) is 5.63. The van der Waals surface area contributed by atoms with Crippen molar-refractivity contribution in [2.75, 3.05) is 0 Å². The molecule has 19 heavy (non-hydrogen) atoms. The van der Waals surface area contributed by atoms with E-state index in [0.29, 0.717) is 17.5 Å². The Morgan fingerprint density at radius 2 is 2.16 bits per heavy atom. The number of aromatic nitrogens is 2. The molecule has 0 bridgehead atoms. The third kappa shape index (κ3) is 2.23. The monoisotopic (exact) mass is 257 g/mol. The van der Waals surface area contributed by atoms with Crippen LogP contribution in [0.15, 0.2) is 18.2 Å². The Hall–Kier alpha value is -1.84. The molecule has 3 rings (SSSR count). The minimum atomic E-state index is 0.0150. The number of nitrogens with one attached hydrogen (secondary N) is 1. The van der Waals surface area contributed by atoms with Crippen molar-refractivity contribution < 1.29 is 4.79 Å². The number of amides is 1. The van der Waals surface area contributed by atoms with Crippen LogP contribution in [0, 0.1) is 0 Å². The van der Waals surface area contributed by atoms with Gasteiger partial charge in [0.05, 0.1) is 11.0 Å². The average Bonchev–Trinajstić information content (AvgIpc) is 3.12. The van der Waals surface area contributed by atoms with E-state index in [1.165, 1.54) is 0 Å². The van der Waals surface area contributed by atoms with Crippen LogP contribution >= 0.6 is 0 Å². The first-order valence-electron chi connectivity index (χ1n) is 6.83. The number of hydrogen-bond donors (Lipinski definition) is 1. The Morgan fingerprint density at radius 1 is 1.42 bits per heavy atom. The van der Waals surface area contributed by atoms with E-state index in [9.17, 15) is 4.79 Å². The molecule has 0 unspecified atom stereocenters. The number of rotatable bonds is 3. The van der Waals surface area contributed by atoms with Crippen molar-refractivity contribution in [2.45, 2.75) is 38.6 Å². The van der Waals surface area contributed by atoms with E-state index in [0.717, 1.165) is 29.7 Å². The molecule has 0 radical (unpaired) electrons. The molecule has 2 aromatic rings. The van der Waals surface area contributed by atoms with Crippen LogP contribution in [0.5, 0.6) is 0 Å². The molecule has 1 amide bonds. The van der Waals surface area contributed by atoms with Gasteiger partial charge in [-0.15, -0.1) is 0 Å². The lowest BCUT2D eigenvalue weighted by atomic mass is 10.2. The zero-order chi connectivity index (χ0) is 13.6. The van der Waals surface area contributed by atoms with Gasteiger partial charge in [0.1, 0.15) is 5.82 Å². The largest absolute Gasteiger partial charge is 0.349 e. The third-order valence-electron chi connectivity index (χ3n) is 3.61. The minimum Gasteiger partial charge on any atom is -0.349 e. The lowest BCUT2D eigenvalue weighted by molar-refractivity contribution is 0.0951. The number of carbonyl (C=O) groups excluding carboxylic acids is 1. The highest BCUT2D eigenvalue weighted by molar-refractivity contribution is 5.97. The van der Waals surface area contributed by atoms with Gasteiger partial charge in [0.15, 0.2) is 0 Å². The molecular weight excluding hydrogens is 238 g/mol. The molecule has 1 fully saturated rings. The summed E-state index contributed by atoms with van der Waals surface area (Å²) < 4.78 is 2.10. The van der Waals surface area contributed by atoms with Crippen molar-refractivity contribution in [3.63, 3.8) is 0 Å². The first-order valence-corrected chi connectivity index (χ1v) is 6.83. The number of fused-ring (bicyclic) bond motifs is 1. The van der Waals surface area contributed by atoms with Gasteiger partial charge in [-0.1, -0.05) is 13.8 Å². The smallest absolute Gasteiger partial charge is 0.251 e. The second-order valence-corrected chi connectivity index (χ2v) is 5.63. The summed E-state index contributed by atoms with van der Waals surface area (Å²) in [6.45, 7) is 4.25. The summed E-state index contributed by atoms with van der Waals surface area (Å²) in [4.78, 5) is 16.7. The van der Waals surface area contributed by atoms with Crippen LogP contribution in [0.2, 0.25) is 0 Å². The molecule has 1 saturated carbocycles. The van der Waals surface area contributed by atoms with E-state index in [-0.39, 0.29) is 5.91 Å². The Bertz CT molecular complexity index is 638. The van der Waals surface area contributed by atoms with E-state index < -0.39 is 0 Å². The zero-order valence-corrected chi connectivity index (χ0v) is 11.6. The summed E-state index contributed by atoms with van der Waals surface area (Å²) in [6.07, 6.45) is 2.21. The maximum absolute atomic E-state index is 12.0. The number of imidazole rings is 1. The lowest BCUT2D eigenvalue weighted by Gasteiger charge is -2.05. The summed E-state index contributed by atoms with van der Waals surface area (Å²) in [5.74, 6) is 1.44. The van der Waals surface area contributed by atoms with E-state index in [4.69, 9.17) is 0 Å². The Labute approximate surface area is 112 Å². The second kappa shape index (κ2) is 4.37. The molecule has 4 heteroatoms. The van der Waals surface area contributed by atoms with Gasteiger partial charge in [-0.05, 0) is 31.0 Å². The van der Waals surface area contributed by atoms with E-state index in [1.54, 1.807) is 0 Å². The Morgan fingerprint density at radius 3 is 2.79 bits per heavy atom. The van der Waals surface area contributed by atoms with Gasteiger partial charge in [-0.2, -0.15) is 0 Å². The molecule has 0 spiro atoms. The number of aryl methyl sites for hydroxylation is 1. The van der Waals surface area contributed by atoms with Crippen molar-refractivity contribution in [2.24, 2.45) is 7.05 Å². The highest BCUT2D eigenvalue weighted by Crippen LogP contribution is 2.23. The maximum atomic E-state index is 12.0. The molecule has 1 aliphatic carbocycles. The molecule has 1 aromatic heterocycles. The normalized spacial score (nSPS) is 15.2. The summed E-state index contributed by atoms with van der Waals surface area (Å²) in [6, 6.07) is 6.14. The average molecular weight is 257 g/mol. The quantitative estimate of drug-likeness (QED) is 0.918. The first kappa shape index (κ1) is 12.2. The SMILES string of the molecule is CC(C)c1nc2cc(C(=O)NC3CC3)ccc2n1C. The van der Waals surface area contributed by atoms with Gasteiger partial charge in [-0.25, -0.2) is 4.98 Å². The van der Waals surface area contributed by atoms with E-state index in [1.807, 2.05) is 25.2 Å². The molecule has 1 aliphatic rings. The molecular formula is C15H19N3O. The number of nitrogens with zero attached hydrogens (tertiary/aromatic N) is 2. The van der Waals surface area contributed by atoms with Crippen LogP contribution < -0.4 is 5.32 Å². The fourth-order valence-corrected chi connectivity index (χ4v) is 2.37. The van der Waals surface area contributed by atoms with Gasteiger partial charge in [0, 0.05) is 24.6 Å². The highest BCUT2D eigenvalue weighted by Gasteiger charge is 2.24. The molecule has 0 aliphatic heterocycles. The van der Waals surface area contributed by atoms with Gasteiger partial charge >= 0.3 is 0 Å². The van der Waals surface area contributed by atoms with Crippen LogP contribution in [-0.2, 0) is 7.05 Å². The van der Waals surface area contributed by atoms with Gasteiger partial charge in [-0.3, -0.25) is 4.79 Å². The molecule has 0 atom stereocenters. The van der Waals surface area contributed by atoms with Gasteiger partial charge in [0.2, 0.25) is 0 Å². The summed E-state index contributed by atoms with van der Waals surface area (Å²) >= 11 is 0. The first-order chi connectivity index (χ1) is 9.06. The van der Waals surface area contributed by atoms with Crippen molar-refractivity contribution in [3.05, 3.63) is 29.6 Å². The molecule has 0 saturated heterocycles. The fourth-order valence-electron chi connectivity index (χ4n) is 2.37. The number of hydrogen-bond acceptors (Lipinski definition) is 2. The van der Waals surface area contributed by atoms with Crippen molar-refractivity contribution in [1.82, 2.24) is 14.9 Å². The van der Waals surface area contributed by atoms with E-state index in [2.05, 4.69) is 28.7 Å². The number of carbonyl (C=O) groups is 1. The Kier molecular flexibility index (Phi) is 2.81. The summed E-state index contributed by atoms with van der Waals surface area (Å²) in [5.41, 5.74) is 2.68. The zero-order valence-electron chi connectivity index (χ0n) is 11.6. The van der Waals surface area contributed by atoms with Crippen molar-refractivity contribution in [3.8, 4) is 0 Å². The Balaban J connectivity index is 1.98. The molecule has 1 aromatic carbocycles. The van der Waals surface area contributed by atoms with Crippen LogP contribution in [0.25, 0.3) is 11.0 Å². The van der Waals surface area contributed by atoms with Gasteiger partial charge < -0.3 is 9.88 Å². The summed E-state index contributed by atoms with van der Waals surface area (Å²) in [7, 11) is 2.02. The predicted octanol–water partition coefficient (Wildman–Crippen LogP) is 2.59. The predicted molar refractivity (Wildman–Crippen MR) is 75.3 cm³/mol.